The highest BCUT2D eigenvalue weighted by Crippen LogP contribution is 2.45. The Bertz CT molecular complexity index is 561. The molecular formula is C19H21N. The van der Waals surface area contributed by atoms with Crippen molar-refractivity contribution in [1.29, 1.82) is 0 Å². The van der Waals surface area contributed by atoms with E-state index in [9.17, 15) is 0 Å². The first kappa shape index (κ1) is 13.1. The minimum absolute atomic E-state index is 0.430. The lowest BCUT2D eigenvalue weighted by atomic mass is 9.83. The molecule has 1 nitrogen and oxygen atoms in total. The van der Waals surface area contributed by atoms with E-state index in [0.717, 1.165) is 6.54 Å². The molecule has 0 N–H and O–H groups in total. The molecule has 0 amide bonds. The molecule has 1 aliphatic heterocycles. The second-order valence-corrected chi connectivity index (χ2v) is 5.63. The summed E-state index contributed by atoms with van der Waals surface area (Å²) in [6.07, 6.45) is 2.14. The van der Waals surface area contributed by atoms with Gasteiger partial charge in [0.25, 0.3) is 0 Å². The first-order valence-electron chi connectivity index (χ1n) is 7.24. The Kier molecular flexibility index (Phi) is 3.70. The van der Waals surface area contributed by atoms with Gasteiger partial charge < -0.3 is 0 Å². The summed E-state index contributed by atoms with van der Waals surface area (Å²) in [6, 6.07) is 22.0. The van der Waals surface area contributed by atoms with Gasteiger partial charge in [0.15, 0.2) is 0 Å². The summed E-state index contributed by atoms with van der Waals surface area (Å²) in [6.45, 7) is 5.19. The van der Waals surface area contributed by atoms with E-state index in [1.54, 1.807) is 0 Å². The van der Waals surface area contributed by atoms with Crippen molar-refractivity contribution < 1.29 is 0 Å². The van der Waals surface area contributed by atoms with Crippen LogP contribution in [-0.2, 0) is 0 Å². The van der Waals surface area contributed by atoms with Crippen molar-refractivity contribution in [2.75, 3.05) is 13.6 Å². The standard InChI is InChI=1S/C19H21N/c1-3-17-18(15-10-6-4-7-11-15)14-20(2)19(17)16-12-8-5-9-13-16/h3-13,17-19H,1,14H2,2H3/t17-,18-,19-/m0/s1. The van der Waals surface area contributed by atoms with Crippen molar-refractivity contribution in [2.24, 2.45) is 5.92 Å². The van der Waals surface area contributed by atoms with Gasteiger partial charge in [-0.25, -0.2) is 0 Å². The third-order valence-corrected chi connectivity index (χ3v) is 4.43. The predicted octanol–water partition coefficient (Wildman–Crippen LogP) is 4.26. The van der Waals surface area contributed by atoms with Crippen molar-refractivity contribution >= 4 is 0 Å². The summed E-state index contributed by atoms with van der Waals surface area (Å²) in [5, 5.41) is 0. The fraction of sp³-hybridized carbons (Fsp3) is 0.263. The van der Waals surface area contributed by atoms with Gasteiger partial charge in [0.2, 0.25) is 0 Å². The number of hydrogen-bond donors (Lipinski definition) is 0. The second kappa shape index (κ2) is 5.64. The van der Waals surface area contributed by atoms with Crippen LogP contribution in [0.4, 0.5) is 0 Å². The quantitative estimate of drug-likeness (QED) is 0.748. The minimum Gasteiger partial charge on any atom is -0.298 e. The zero-order valence-electron chi connectivity index (χ0n) is 11.9. The third kappa shape index (κ3) is 2.30. The van der Waals surface area contributed by atoms with Crippen LogP contribution in [0, 0.1) is 5.92 Å². The third-order valence-electron chi connectivity index (χ3n) is 4.43. The molecule has 1 aliphatic rings. The number of hydrogen-bond acceptors (Lipinski definition) is 1. The van der Waals surface area contributed by atoms with Gasteiger partial charge in [-0.15, -0.1) is 6.58 Å². The van der Waals surface area contributed by atoms with E-state index in [2.05, 4.69) is 85.3 Å². The van der Waals surface area contributed by atoms with Crippen LogP contribution in [0.5, 0.6) is 0 Å². The molecule has 1 fully saturated rings. The lowest BCUT2D eigenvalue weighted by Gasteiger charge is -2.24. The van der Waals surface area contributed by atoms with Crippen LogP contribution in [0.1, 0.15) is 23.1 Å². The average Bonchev–Trinajstić information content (AvgIpc) is 2.85. The van der Waals surface area contributed by atoms with Gasteiger partial charge in [0, 0.05) is 24.4 Å². The van der Waals surface area contributed by atoms with Gasteiger partial charge in [-0.1, -0.05) is 66.7 Å². The molecule has 1 heteroatoms. The fourth-order valence-corrected chi connectivity index (χ4v) is 3.51. The largest absolute Gasteiger partial charge is 0.298 e. The summed E-state index contributed by atoms with van der Waals surface area (Å²) in [5.74, 6) is 0.994. The maximum absolute atomic E-state index is 4.10. The monoisotopic (exact) mass is 263 g/mol. The molecule has 0 radical (unpaired) electrons. The van der Waals surface area contributed by atoms with Crippen LogP contribution in [0.3, 0.4) is 0 Å². The Morgan fingerprint density at radius 3 is 2.05 bits per heavy atom. The highest BCUT2D eigenvalue weighted by Gasteiger charge is 2.39. The van der Waals surface area contributed by atoms with E-state index in [-0.39, 0.29) is 0 Å². The number of benzene rings is 2. The number of likely N-dealkylation sites (N-methyl/N-ethyl adjacent to an activating group) is 1. The maximum atomic E-state index is 4.10. The Morgan fingerprint density at radius 1 is 0.950 bits per heavy atom. The van der Waals surface area contributed by atoms with Crippen LogP contribution in [0.25, 0.3) is 0 Å². The maximum Gasteiger partial charge on any atom is 0.0414 e. The van der Waals surface area contributed by atoms with Gasteiger partial charge in [0.05, 0.1) is 0 Å². The summed E-state index contributed by atoms with van der Waals surface area (Å²) >= 11 is 0. The molecule has 0 saturated carbocycles. The number of rotatable bonds is 3. The first-order chi connectivity index (χ1) is 9.81. The Balaban J connectivity index is 1.95. The Hall–Kier alpha value is -1.86. The fourth-order valence-electron chi connectivity index (χ4n) is 3.51. The molecule has 0 unspecified atom stereocenters. The molecule has 1 heterocycles. The Labute approximate surface area is 121 Å². The van der Waals surface area contributed by atoms with Gasteiger partial charge in [0.1, 0.15) is 0 Å². The average molecular weight is 263 g/mol. The van der Waals surface area contributed by atoms with Gasteiger partial charge in [-0.2, -0.15) is 0 Å². The van der Waals surface area contributed by atoms with E-state index >= 15 is 0 Å². The lowest BCUT2D eigenvalue weighted by Crippen LogP contribution is -2.20. The zero-order valence-corrected chi connectivity index (χ0v) is 11.9. The predicted molar refractivity (Wildman–Crippen MR) is 84.7 cm³/mol. The first-order valence-corrected chi connectivity index (χ1v) is 7.24. The second-order valence-electron chi connectivity index (χ2n) is 5.63. The number of likely N-dealkylation sites (tertiary alicyclic amines) is 1. The molecule has 3 rings (SSSR count). The molecule has 2 aromatic rings. The topological polar surface area (TPSA) is 3.24 Å². The van der Waals surface area contributed by atoms with Crippen LogP contribution in [0.2, 0.25) is 0 Å². The van der Waals surface area contributed by atoms with Crippen LogP contribution in [-0.4, -0.2) is 18.5 Å². The van der Waals surface area contributed by atoms with E-state index in [0.29, 0.717) is 17.9 Å². The summed E-state index contributed by atoms with van der Waals surface area (Å²) in [4.78, 5) is 2.46. The smallest absolute Gasteiger partial charge is 0.0414 e. The highest BCUT2D eigenvalue weighted by molar-refractivity contribution is 5.30. The van der Waals surface area contributed by atoms with Crippen molar-refractivity contribution in [2.45, 2.75) is 12.0 Å². The number of nitrogens with zero attached hydrogens (tertiary/aromatic N) is 1. The molecule has 20 heavy (non-hydrogen) atoms. The molecule has 0 aliphatic carbocycles. The summed E-state index contributed by atoms with van der Waals surface area (Å²) in [7, 11) is 2.22. The normalized spacial score (nSPS) is 26.6. The summed E-state index contributed by atoms with van der Waals surface area (Å²) in [5.41, 5.74) is 2.81. The van der Waals surface area contributed by atoms with E-state index < -0.39 is 0 Å². The molecule has 3 atom stereocenters. The van der Waals surface area contributed by atoms with Crippen LogP contribution in [0.15, 0.2) is 73.3 Å². The van der Waals surface area contributed by atoms with Crippen molar-refractivity contribution in [3.05, 3.63) is 84.4 Å². The van der Waals surface area contributed by atoms with Gasteiger partial charge in [-0.05, 0) is 18.2 Å². The molecule has 2 aromatic carbocycles. The van der Waals surface area contributed by atoms with Crippen molar-refractivity contribution in [1.82, 2.24) is 4.90 Å². The SMILES string of the molecule is C=C[C@H]1[C@H](c2ccccc2)CN(C)[C@H]1c1ccccc1. The molecule has 102 valence electrons. The molecule has 0 bridgehead atoms. The highest BCUT2D eigenvalue weighted by atomic mass is 15.2. The molecule has 1 saturated heterocycles. The van der Waals surface area contributed by atoms with Crippen molar-refractivity contribution in [3.63, 3.8) is 0 Å². The van der Waals surface area contributed by atoms with Crippen LogP contribution >= 0.6 is 0 Å². The molecular weight excluding hydrogens is 242 g/mol. The molecule has 0 aromatic heterocycles. The van der Waals surface area contributed by atoms with E-state index in [4.69, 9.17) is 0 Å². The van der Waals surface area contributed by atoms with Crippen LogP contribution < -0.4 is 0 Å². The summed E-state index contributed by atoms with van der Waals surface area (Å²) < 4.78 is 0. The van der Waals surface area contributed by atoms with E-state index in [1.807, 2.05) is 0 Å². The minimum atomic E-state index is 0.430. The lowest BCUT2D eigenvalue weighted by molar-refractivity contribution is 0.296. The van der Waals surface area contributed by atoms with Crippen molar-refractivity contribution in [3.8, 4) is 0 Å². The van der Waals surface area contributed by atoms with Gasteiger partial charge in [-0.3, -0.25) is 4.90 Å². The Morgan fingerprint density at radius 2 is 1.50 bits per heavy atom. The zero-order chi connectivity index (χ0) is 13.9. The van der Waals surface area contributed by atoms with Gasteiger partial charge >= 0.3 is 0 Å². The molecule has 0 spiro atoms. The van der Waals surface area contributed by atoms with E-state index in [1.165, 1.54) is 11.1 Å².